The maximum Gasteiger partial charge on any atom is 0.211 e. The normalized spacial score (nSPS) is 25.2. The van der Waals surface area contributed by atoms with Gasteiger partial charge in [0.1, 0.15) is 17.9 Å². The lowest BCUT2D eigenvalue weighted by Crippen LogP contribution is -2.36. The number of ether oxygens (including phenoxy) is 1. The van der Waals surface area contributed by atoms with Gasteiger partial charge in [-0.15, -0.1) is 0 Å². The van der Waals surface area contributed by atoms with E-state index in [2.05, 4.69) is 4.98 Å². The Hall–Kier alpha value is -2.14. The van der Waals surface area contributed by atoms with Crippen LogP contribution in [0.1, 0.15) is 25.7 Å². The van der Waals surface area contributed by atoms with Gasteiger partial charge in [0.05, 0.1) is 11.1 Å². The topological polar surface area (TPSA) is 121 Å². The molecule has 0 aliphatic carbocycles. The number of hydrogen-bond acceptors (Lipinski definition) is 8. The van der Waals surface area contributed by atoms with Crippen molar-refractivity contribution in [3.05, 3.63) is 57.8 Å². The molecule has 0 radical (unpaired) electrons. The smallest absolute Gasteiger partial charge is 0.211 e. The lowest BCUT2D eigenvalue weighted by Gasteiger charge is -2.11. The van der Waals surface area contributed by atoms with E-state index in [1.165, 1.54) is 16.8 Å². The quantitative estimate of drug-likeness (QED) is 0.548. The van der Waals surface area contributed by atoms with Gasteiger partial charge in [0.25, 0.3) is 0 Å². The Labute approximate surface area is 161 Å². The summed E-state index contributed by atoms with van der Waals surface area (Å²) in [5.41, 5.74) is 0.677. The van der Waals surface area contributed by atoms with Crippen LogP contribution in [0.5, 0.6) is 0 Å². The zero-order valence-electron chi connectivity index (χ0n) is 13.5. The van der Waals surface area contributed by atoms with Crippen LogP contribution in [0.3, 0.4) is 0 Å². The molecule has 1 saturated heterocycles. The van der Waals surface area contributed by atoms with Gasteiger partial charge in [-0.2, -0.15) is 0 Å². The molecule has 4 rings (SSSR count). The Bertz CT molecular complexity index is 1030. The number of thiazole rings is 1. The van der Waals surface area contributed by atoms with Crippen molar-refractivity contribution in [1.29, 1.82) is 0 Å². The average molecular weight is 409 g/mol. The third-order valence-electron chi connectivity index (χ3n) is 4.29. The molecule has 3 aromatic rings. The number of aromatic nitrogens is 2. The van der Waals surface area contributed by atoms with Crippen LogP contribution in [0.25, 0.3) is 4.96 Å². The van der Waals surface area contributed by atoms with E-state index in [0.29, 0.717) is 15.5 Å². The molecule has 3 N–H and O–H groups in total. The number of fused-ring (bicyclic) bond motifs is 1. The highest BCUT2D eigenvalue weighted by Gasteiger charge is 2.46. The number of hydrogen-bond donors (Lipinski definition) is 3. The molecule has 2 aromatic heterocycles. The molecule has 10 heteroatoms. The number of nitrogens with zero attached hydrogens (tertiary/aromatic N) is 2. The van der Waals surface area contributed by atoms with Crippen molar-refractivity contribution in [3.63, 3.8) is 0 Å². The minimum Gasteiger partial charge on any atom is -0.387 e. The Morgan fingerprint density at radius 3 is 2.48 bits per heavy atom. The van der Waals surface area contributed by atoms with Crippen LogP contribution in [-0.4, -0.2) is 60.9 Å². The van der Waals surface area contributed by atoms with E-state index in [0.717, 1.165) is 11.3 Å². The summed E-state index contributed by atoms with van der Waals surface area (Å²) in [6.07, 6.45) is -3.31. The Morgan fingerprint density at radius 2 is 1.85 bits per heavy atom. The summed E-state index contributed by atoms with van der Waals surface area (Å²) in [5, 5.41) is 29.4. The highest BCUT2D eigenvalue weighted by atomic mass is 35.5. The van der Waals surface area contributed by atoms with Crippen LogP contribution in [-0.2, 0) is 4.74 Å². The fraction of sp³-hybridized carbons (Fsp3) is 0.235. The van der Waals surface area contributed by atoms with Crippen LogP contribution >= 0.6 is 22.9 Å². The zero-order chi connectivity index (χ0) is 19.3. The van der Waals surface area contributed by atoms with Gasteiger partial charge < -0.3 is 20.1 Å². The number of aliphatic hydroxyl groups is 3. The molecule has 0 bridgehead atoms. The van der Waals surface area contributed by atoms with Crippen molar-refractivity contribution in [2.24, 2.45) is 0 Å². The van der Waals surface area contributed by atoms with Gasteiger partial charge >= 0.3 is 0 Å². The van der Waals surface area contributed by atoms with Gasteiger partial charge in [-0.25, -0.2) is 4.98 Å². The number of halogens is 1. The monoisotopic (exact) mass is 408 g/mol. The van der Waals surface area contributed by atoms with Gasteiger partial charge in [-0.05, 0) is 24.3 Å². The van der Waals surface area contributed by atoms with Crippen molar-refractivity contribution in [2.45, 2.75) is 24.6 Å². The summed E-state index contributed by atoms with van der Waals surface area (Å²) in [7, 11) is 0. The maximum absolute atomic E-state index is 12.7. The van der Waals surface area contributed by atoms with E-state index in [9.17, 15) is 24.9 Å². The van der Waals surface area contributed by atoms with Crippen molar-refractivity contribution >= 4 is 39.5 Å². The molecule has 4 atom stereocenters. The molecule has 0 amide bonds. The highest BCUT2D eigenvalue weighted by Crippen LogP contribution is 2.27. The maximum atomic E-state index is 12.7. The largest absolute Gasteiger partial charge is 0.387 e. The van der Waals surface area contributed by atoms with Crippen LogP contribution < -0.4 is 0 Å². The summed E-state index contributed by atoms with van der Waals surface area (Å²) >= 11 is 6.84. The van der Waals surface area contributed by atoms with Crippen molar-refractivity contribution in [2.75, 3.05) is 0 Å². The molecule has 8 nitrogen and oxygen atoms in total. The van der Waals surface area contributed by atoms with Crippen molar-refractivity contribution in [3.8, 4) is 0 Å². The van der Waals surface area contributed by atoms with E-state index in [1.54, 1.807) is 24.3 Å². The standard InChI is InChI=1S/C17H13ClN2O6S/c18-8-3-1-7(2-4-8)11(21)9-5-19-17-20(9)6-10(27-17)12(22)15-13(23)14(24)16(25)26-15/h1-6,13-16,23-25H/t13-,14-,15-,16?/m1/s1. The van der Waals surface area contributed by atoms with Gasteiger partial charge in [-0.3, -0.25) is 14.0 Å². The third-order valence-corrected chi connectivity index (χ3v) is 5.55. The summed E-state index contributed by atoms with van der Waals surface area (Å²) in [6.45, 7) is 0. The SMILES string of the molecule is O=C(c1ccc(Cl)cc1)c1cnc2sc(C(=O)[C@H]3OC(O)[C@H](O)[C@H]3O)cn12. The summed E-state index contributed by atoms with van der Waals surface area (Å²) in [6, 6.07) is 6.39. The van der Waals surface area contributed by atoms with Crippen LogP contribution in [0.15, 0.2) is 36.7 Å². The predicted molar refractivity (Wildman–Crippen MR) is 95.2 cm³/mol. The summed E-state index contributed by atoms with van der Waals surface area (Å²) < 4.78 is 6.41. The molecule has 3 heterocycles. The molecule has 0 spiro atoms. The number of ketones is 2. The van der Waals surface area contributed by atoms with E-state index >= 15 is 0 Å². The van der Waals surface area contributed by atoms with E-state index in [1.807, 2.05) is 0 Å². The minimum absolute atomic E-state index is 0.175. The first-order valence-corrected chi connectivity index (χ1v) is 9.07. The number of rotatable bonds is 4. The van der Waals surface area contributed by atoms with Crippen LogP contribution in [0, 0.1) is 0 Å². The first kappa shape index (κ1) is 18.2. The fourth-order valence-corrected chi connectivity index (χ4v) is 3.89. The molecule has 1 fully saturated rings. The first-order chi connectivity index (χ1) is 12.9. The second-order valence-electron chi connectivity index (χ2n) is 6.02. The summed E-state index contributed by atoms with van der Waals surface area (Å²) in [5.74, 6) is -0.905. The number of carbonyl (C=O) groups is 2. The number of aliphatic hydroxyl groups excluding tert-OH is 3. The summed E-state index contributed by atoms with van der Waals surface area (Å²) in [4.78, 5) is 30.0. The number of benzene rings is 1. The van der Waals surface area contributed by atoms with E-state index < -0.39 is 30.4 Å². The van der Waals surface area contributed by atoms with Crippen LogP contribution in [0.4, 0.5) is 0 Å². The molecule has 1 aliphatic rings. The molecule has 1 unspecified atom stereocenters. The Kier molecular flexibility index (Phi) is 4.58. The van der Waals surface area contributed by atoms with Crippen molar-refractivity contribution < 1.29 is 29.6 Å². The molecule has 1 aliphatic heterocycles. The van der Waals surface area contributed by atoms with E-state index in [4.69, 9.17) is 16.3 Å². The number of carbonyl (C=O) groups excluding carboxylic acids is 2. The van der Waals surface area contributed by atoms with Gasteiger partial charge in [0.2, 0.25) is 11.6 Å². The van der Waals surface area contributed by atoms with Gasteiger partial charge in [0, 0.05) is 16.8 Å². The van der Waals surface area contributed by atoms with Crippen molar-refractivity contribution in [1.82, 2.24) is 9.38 Å². The number of Topliss-reactive ketones (excluding diaryl/α,β-unsaturated/α-hetero) is 1. The van der Waals surface area contributed by atoms with Gasteiger partial charge in [0.15, 0.2) is 17.4 Å². The Balaban J connectivity index is 1.65. The lowest BCUT2D eigenvalue weighted by molar-refractivity contribution is -0.120. The van der Waals surface area contributed by atoms with E-state index in [-0.39, 0.29) is 16.4 Å². The molecule has 1 aromatic carbocycles. The molecule has 27 heavy (non-hydrogen) atoms. The fourth-order valence-electron chi connectivity index (χ4n) is 2.83. The second-order valence-corrected chi connectivity index (χ2v) is 7.47. The second kappa shape index (κ2) is 6.79. The highest BCUT2D eigenvalue weighted by molar-refractivity contribution is 7.19. The zero-order valence-corrected chi connectivity index (χ0v) is 15.1. The third kappa shape index (κ3) is 3.08. The van der Waals surface area contributed by atoms with Gasteiger partial charge in [-0.1, -0.05) is 22.9 Å². The minimum atomic E-state index is -1.64. The number of imidazole rings is 1. The Morgan fingerprint density at radius 1 is 1.15 bits per heavy atom. The predicted octanol–water partition coefficient (Wildman–Crippen LogP) is 0.902. The lowest BCUT2D eigenvalue weighted by atomic mass is 10.1. The first-order valence-electron chi connectivity index (χ1n) is 7.88. The molecule has 140 valence electrons. The molecular formula is C17H13ClN2O6S. The molecule has 0 saturated carbocycles. The average Bonchev–Trinajstić information content (AvgIpc) is 3.31. The van der Waals surface area contributed by atoms with Crippen LogP contribution in [0.2, 0.25) is 5.02 Å². The molecular weight excluding hydrogens is 396 g/mol.